The predicted octanol–water partition coefficient (Wildman–Crippen LogP) is 2.10. The minimum Gasteiger partial charge on any atom is -0.481 e. The van der Waals surface area contributed by atoms with Crippen LogP contribution in [-0.4, -0.2) is 22.5 Å². The molecule has 0 saturated carbocycles. The molecule has 1 unspecified atom stereocenters. The zero-order valence-electron chi connectivity index (χ0n) is 16.0. The quantitative estimate of drug-likeness (QED) is 0.738. The fourth-order valence-corrected chi connectivity index (χ4v) is 2.40. The highest BCUT2D eigenvalue weighted by Crippen LogP contribution is 2.26. The molecule has 1 aromatic heterocycles. The second-order valence-electron chi connectivity index (χ2n) is 6.35. The Balaban J connectivity index is 1.95. The van der Waals surface area contributed by atoms with Gasteiger partial charge in [0.15, 0.2) is 6.10 Å². The minimum atomic E-state index is -4.83. The highest BCUT2D eigenvalue weighted by molar-refractivity contribution is 5.84. The molecule has 0 radical (unpaired) electrons. The molecule has 1 atom stereocenters. The van der Waals surface area contributed by atoms with E-state index < -0.39 is 41.8 Å². The van der Waals surface area contributed by atoms with Gasteiger partial charge in [-0.2, -0.15) is 13.2 Å². The second-order valence-corrected chi connectivity index (χ2v) is 6.35. The van der Waals surface area contributed by atoms with Crippen molar-refractivity contribution in [1.82, 2.24) is 15.4 Å². The summed E-state index contributed by atoms with van der Waals surface area (Å²) in [5.41, 5.74) is 3.28. The fraction of sp³-hybridized carbons (Fsp3) is 0.316. The van der Waals surface area contributed by atoms with Crippen molar-refractivity contribution in [3.05, 3.63) is 63.6 Å². The highest BCUT2D eigenvalue weighted by Gasteiger charge is 2.34. The molecular weight excluding hydrogens is 391 g/mol. The lowest BCUT2D eigenvalue weighted by molar-refractivity contribution is -0.139. The fourth-order valence-electron chi connectivity index (χ4n) is 2.40. The zero-order valence-corrected chi connectivity index (χ0v) is 16.0. The Kier molecular flexibility index (Phi) is 6.68. The number of nitrogens with zero attached hydrogens (tertiary/aromatic N) is 1. The van der Waals surface area contributed by atoms with Crippen LogP contribution in [0.5, 0.6) is 5.75 Å². The monoisotopic (exact) mass is 411 g/mol. The molecule has 0 bridgehead atoms. The van der Waals surface area contributed by atoms with Gasteiger partial charge < -0.3 is 9.30 Å². The lowest BCUT2D eigenvalue weighted by Gasteiger charge is -2.17. The van der Waals surface area contributed by atoms with Crippen LogP contribution in [0.2, 0.25) is 0 Å². The number of carbonyl (C=O) groups excluding carboxylic acids is 2. The third-order valence-electron chi connectivity index (χ3n) is 4.19. The number of alkyl halides is 3. The Hall–Kier alpha value is -3.30. The zero-order chi connectivity index (χ0) is 21.8. The van der Waals surface area contributed by atoms with Crippen molar-refractivity contribution in [2.24, 2.45) is 0 Å². The Morgan fingerprint density at radius 3 is 2.48 bits per heavy atom. The summed E-state index contributed by atoms with van der Waals surface area (Å²) in [6, 6.07) is 7.01. The molecule has 2 rings (SSSR count). The standard InChI is InChI=1S/C19H20F3N3O4/c1-11-6-4-8-15(12(11)2)29-13(3)17(27)24-23-16(26)10-25-9-5-7-14(18(25)28)19(20,21)22/h4-9,13H,10H2,1-3H3,(H,23,26)(H,24,27). The van der Waals surface area contributed by atoms with Crippen LogP contribution >= 0.6 is 0 Å². The lowest BCUT2D eigenvalue weighted by Crippen LogP contribution is -2.48. The van der Waals surface area contributed by atoms with Gasteiger partial charge >= 0.3 is 6.18 Å². The second kappa shape index (κ2) is 8.80. The van der Waals surface area contributed by atoms with Gasteiger partial charge in [0.1, 0.15) is 17.9 Å². The van der Waals surface area contributed by atoms with Crippen LogP contribution in [0.4, 0.5) is 13.2 Å². The highest BCUT2D eigenvalue weighted by atomic mass is 19.4. The molecule has 2 aromatic rings. The van der Waals surface area contributed by atoms with Crippen LogP contribution in [0.3, 0.4) is 0 Å². The first-order valence-corrected chi connectivity index (χ1v) is 8.59. The van der Waals surface area contributed by atoms with Gasteiger partial charge in [0.05, 0.1) is 0 Å². The molecule has 1 aromatic carbocycles. The van der Waals surface area contributed by atoms with E-state index in [1.807, 2.05) is 25.3 Å². The van der Waals surface area contributed by atoms with Gasteiger partial charge in [0.2, 0.25) is 0 Å². The molecule has 0 saturated heterocycles. The molecule has 156 valence electrons. The van der Waals surface area contributed by atoms with Gasteiger partial charge in [-0.3, -0.25) is 25.2 Å². The first-order chi connectivity index (χ1) is 13.5. The van der Waals surface area contributed by atoms with Crippen LogP contribution in [0.15, 0.2) is 41.3 Å². The summed E-state index contributed by atoms with van der Waals surface area (Å²) in [5, 5.41) is 0. The van der Waals surface area contributed by atoms with E-state index in [-0.39, 0.29) is 0 Å². The number of rotatable bonds is 5. The van der Waals surface area contributed by atoms with E-state index >= 15 is 0 Å². The maximum Gasteiger partial charge on any atom is 0.421 e. The maximum absolute atomic E-state index is 12.8. The number of hydrogen-bond donors (Lipinski definition) is 2. The van der Waals surface area contributed by atoms with Crippen molar-refractivity contribution in [2.45, 2.75) is 39.6 Å². The molecule has 0 aliphatic rings. The average molecular weight is 411 g/mol. The van der Waals surface area contributed by atoms with Gasteiger partial charge in [0.25, 0.3) is 17.4 Å². The van der Waals surface area contributed by atoms with Crippen LogP contribution < -0.4 is 21.1 Å². The van der Waals surface area contributed by atoms with Crippen molar-refractivity contribution < 1.29 is 27.5 Å². The number of aryl methyl sites for hydroxylation is 1. The number of hydrazine groups is 1. The largest absolute Gasteiger partial charge is 0.481 e. The Morgan fingerprint density at radius 1 is 1.14 bits per heavy atom. The van der Waals surface area contributed by atoms with E-state index in [1.54, 1.807) is 12.1 Å². The summed E-state index contributed by atoms with van der Waals surface area (Å²) in [7, 11) is 0. The molecular formula is C19H20F3N3O4. The Labute approximate surface area is 164 Å². The maximum atomic E-state index is 12.8. The van der Waals surface area contributed by atoms with E-state index in [1.165, 1.54) is 6.92 Å². The van der Waals surface area contributed by atoms with E-state index in [0.717, 1.165) is 23.4 Å². The molecule has 0 fully saturated rings. The summed E-state index contributed by atoms with van der Waals surface area (Å²) in [5.74, 6) is -1.04. The number of ether oxygens (including phenoxy) is 1. The number of nitrogens with one attached hydrogen (secondary N) is 2. The van der Waals surface area contributed by atoms with Crippen molar-refractivity contribution in [3.8, 4) is 5.75 Å². The number of pyridine rings is 1. The molecule has 0 aliphatic heterocycles. The first kappa shape index (κ1) is 22.0. The van der Waals surface area contributed by atoms with Crippen molar-refractivity contribution in [3.63, 3.8) is 0 Å². The molecule has 2 amide bonds. The van der Waals surface area contributed by atoms with Crippen molar-refractivity contribution in [2.75, 3.05) is 0 Å². The van der Waals surface area contributed by atoms with E-state index in [0.29, 0.717) is 16.4 Å². The predicted molar refractivity (Wildman–Crippen MR) is 98.0 cm³/mol. The Bertz CT molecular complexity index is 970. The first-order valence-electron chi connectivity index (χ1n) is 8.59. The van der Waals surface area contributed by atoms with Gasteiger partial charge in [0, 0.05) is 6.20 Å². The SMILES string of the molecule is Cc1cccc(OC(C)C(=O)NNC(=O)Cn2cccc(C(F)(F)F)c2=O)c1C. The molecule has 10 heteroatoms. The van der Waals surface area contributed by atoms with Gasteiger partial charge in [-0.05, 0) is 50.1 Å². The lowest BCUT2D eigenvalue weighted by atomic mass is 10.1. The average Bonchev–Trinajstić information content (AvgIpc) is 2.64. The molecule has 7 nitrogen and oxygen atoms in total. The van der Waals surface area contributed by atoms with Gasteiger partial charge in [-0.1, -0.05) is 12.1 Å². The topological polar surface area (TPSA) is 89.4 Å². The van der Waals surface area contributed by atoms with E-state index in [9.17, 15) is 27.6 Å². The smallest absolute Gasteiger partial charge is 0.421 e. The number of carbonyl (C=O) groups is 2. The molecule has 0 spiro atoms. The number of benzene rings is 1. The molecule has 1 heterocycles. The Morgan fingerprint density at radius 2 is 1.83 bits per heavy atom. The summed E-state index contributed by atoms with van der Waals surface area (Å²) in [4.78, 5) is 35.8. The van der Waals surface area contributed by atoms with E-state index in [2.05, 4.69) is 5.43 Å². The van der Waals surface area contributed by atoms with Gasteiger partial charge in [-0.25, -0.2) is 0 Å². The molecule has 2 N–H and O–H groups in total. The van der Waals surface area contributed by atoms with Gasteiger partial charge in [-0.15, -0.1) is 0 Å². The number of hydrogen-bond acceptors (Lipinski definition) is 4. The van der Waals surface area contributed by atoms with Crippen molar-refractivity contribution >= 4 is 11.8 Å². The number of amides is 2. The summed E-state index contributed by atoms with van der Waals surface area (Å²) in [6.07, 6.45) is -4.73. The van der Waals surface area contributed by atoms with Crippen molar-refractivity contribution in [1.29, 1.82) is 0 Å². The van der Waals surface area contributed by atoms with Crippen LogP contribution in [-0.2, 0) is 22.3 Å². The van der Waals surface area contributed by atoms with Crippen LogP contribution in [0.1, 0.15) is 23.6 Å². The summed E-state index contributed by atoms with van der Waals surface area (Å²) >= 11 is 0. The summed E-state index contributed by atoms with van der Waals surface area (Å²) in [6.45, 7) is 4.50. The van der Waals surface area contributed by atoms with Crippen LogP contribution in [0.25, 0.3) is 0 Å². The third-order valence-corrected chi connectivity index (χ3v) is 4.19. The number of halogens is 3. The summed E-state index contributed by atoms with van der Waals surface area (Å²) < 4.78 is 44.4. The molecule has 0 aliphatic carbocycles. The van der Waals surface area contributed by atoms with Crippen LogP contribution in [0, 0.1) is 13.8 Å². The normalized spacial score (nSPS) is 12.2. The van der Waals surface area contributed by atoms with E-state index in [4.69, 9.17) is 4.74 Å². The number of aromatic nitrogens is 1. The molecule has 29 heavy (non-hydrogen) atoms. The minimum absolute atomic E-state index is 0.509. The third kappa shape index (κ3) is 5.59.